The van der Waals surface area contributed by atoms with Crippen molar-refractivity contribution in [2.45, 2.75) is 31.2 Å². The predicted octanol–water partition coefficient (Wildman–Crippen LogP) is -0.343. The highest BCUT2D eigenvalue weighted by Gasteiger charge is 2.43. The standard InChI is InChI=1S/C10H14F3N5O3/c1-20-8(19)9(2-3-21-6-9)14-4-7-15-17-18(16-7)5-10(11,12)13/h14H,2-6H2,1H3. The van der Waals surface area contributed by atoms with Gasteiger partial charge in [-0.05, 0) is 5.21 Å². The fourth-order valence-electron chi connectivity index (χ4n) is 1.96. The van der Waals surface area contributed by atoms with Gasteiger partial charge in [0.05, 0.1) is 20.3 Å². The Bertz CT molecular complexity index is 498. The highest BCUT2D eigenvalue weighted by Crippen LogP contribution is 2.21. The normalized spacial score (nSPS) is 22.5. The number of carbonyl (C=O) groups is 1. The molecule has 1 saturated heterocycles. The highest BCUT2D eigenvalue weighted by molar-refractivity contribution is 5.81. The van der Waals surface area contributed by atoms with Crippen LogP contribution < -0.4 is 5.32 Å². The molecule has 0 amide bonds. The molecule has 1 aliphatic heterocycles. The first kappa shape index (κ1) is 15.6. The van der Waals surface area contributed by atoms with Crippen molar-refractivity contribution >= 4 is 5.97 Å². The molecule has 1 aliphatic rings. The maximum absolute atomic E-state index is 12.2. The molecule has 1 unspecified atom stereocenters. The second-order valence-corrected chi connectivity index (χ2v) is 4.58. The number of esters is 1. The van der Waals surface area contributed by atoms with Crippen molar-refractivity contribution in [1.82, 2.24) is 25.5 Å². The number of tetrazole rings is 1. The zero-order valence-corrected chi connectivity index (χ0v) is 11.2. The van der Waals surface area contributed by atoms with Gasteiger partial charge in [-0.3, -0.25) is 5.32 Å². The number of alkyl halides is 3. The van der Waals surface area contributed by atoms with Crippen LogP contribution in [0.1, 0.15) is 12.2 Å². The van der Waals surface area contributed by atoms with Crippen molar-refractivity contribution in [2.24, 2.45) is 0 Å². The van der Waals surface area contributed by atoms with Gasteiger partial charge in [0.2, 0.25) is 0 Å². The Balaban J connectivity index is 1.97. The average molecular weight is 309 g/mol. The summed E-state index contributed by atoms with van der Waals surface area (Å²) in [6.07, 6.45) is -4.02. The minimum Gasteiger partial charge on any atom is -0.468 e. The van der Waals surface area contributed by atoms with Crippen molar-refractivity contribution < 1.29 is 27.4 Å². The van der Waals surface area contributed by atoms with E-state index in [2.05, 4.69) is 20.7 Å². The Labute approximate surface area is 117 Å². The Hall–Kier alpha value is -1.75. The van der Waals surface area contributed by atoms with Gasteiger partial charge in [-0.1, -0.05) is 0 Å². The van der Waals surface area contributed by atoms with Gasteiger partial charge in [-0.15, -0.1) is 10.2 Å². The van der Waals surface area contributed by atoms with Crippen molar-refractivity contribution in [3.63, 3.8) is 0 Å². The van der Waals surface area contributed by atoms with Gasteiger partial charge in [0.15, 0.2) is 12.4 Å². The quantitative estimate of drug-likeness (QED) is 0.744. The molecule has 0 saturated carbocycles. The summed E-state index contributed by atoms with van der Waals surface area (Å²) in [6, 6.07) is 0. The summed E-state index contributed by atoms with van der Waals surface area (Å²) < 4.78 is 46.4. The molecule has 1 N–H and O–H groups in total. The molecular weight excluding hydrogens is 295 g/mol. The van der Waals surface area contributed by atoms with Crippen LogP contribution in [0.5, 0.6) is 0 Å². The zero-order valence-electron chi connectivity index (χ0n) is 11.2. The van der Waals surface area contributed by atoms with Crippen molar-refractivity contribution in [3.8, 4) is 0 Å². The lowest BCUT2D eigenvalue weighted by molar-refractivity contribution is -0.148. The molecule has 0 radical (unpaired) electrons. The largest absolute Gasteiger partial charge is 0.468 e. The molecular formula is C10H14F3N5O3. The fourth-order valence-corrected chi connectivity index (χ4v) is 1.96. The number of halogens is 3. The average Bonchev–Trinajstić information content (AvgIpc) is 3.03. The van der Waals surface area contributed by atoms with Crippen LogP contribution >= 0.6 is 0 Å². The minimum absolute atomic E-state index is 0.0175. The summed E-state index contributed by atoms with van der Waals surface area (Å²) in [6.45, 7) is -0.825. The van der Waals surface area contributed by atoms with E-state index in [0.717, 1.165) is 0 Å². The summed E-state index contributed by atoms with van der Waals surface area (Å²) >= 11 is 0. The molecule has 0 bridgehead atoms. The summed E-state index contributed by atoms with van der Waals surface area (Å²) in [4.78, 5) is 12.2. The summed E-state index contributed by atoms with van der Waals surface area (Å²) in [5.41, 5.74) is -1.02. The molecule has 8 nitrogen and oxygen atoms in total. The van der Waals surface area contributed by atoms with E-state index in [9.17, 15) is 18.0 Å². The molecule has 1 aromatic heterocycles. The number of methoxy groups -OCH3 is 1. The molecule has 21 heavy (non-hydrogen) atoms. The van der Waals surface area contributed by atoms with E-state index in [-0.39, 0.29) is 19.0 Å². The first-order valence-corrected chi connectivity index (χ1v) is 6.09. The van der Waals surface area contributed by atoms with E-state index in [4.69, 9.17) is 9.47 Å². The molecule has 1 atom stereocenters. The molecule has 11 heteroatoms. The maximum Gasteiger partial charge on any atom is 0.409 e. The zero-order chi connectivity index (χ0) is 15.5. The molecule has 1 aromatic rings. The number of hydrogen-bond donors (Lipinski definition) is 1. The van der Waals surface area contributed by atoms with Crippen LogP contribution in [-0.4, -0.2) is 58.2 Å². The third-order valence-electron chi connectivity index (χ3n) is 3.00. The SMILES string of the molecule is COC(=O)C1(NCc2nnn(CC(F)(F)F)n2)CCOC1. The van der Waals surface area contributed by atoms with Crippen LogP contribution in [0.25, 0.3) is 0 Å². The minimum atomic E-state index is -4.42. The van der Waals surface area contributed by atoms with Crippen molar-refractivity contribution in [1.29, 1.82) is 0 Å². The highest BCUT2D eigenvalue weighted by atomic mass is 19.4. The molecule has 1 fully saturated rings. The van der Waals surface area contributed by atoms with Gasteiger partial charge in [0.25, 0.3) is 0 Å². The van der Waals surface area contributed by atoms with Crippen LogP contribution in [0.3, 0.4) is 0 Å². The first-order valence-electron chi connectivity index (χ1n) is 6.09. The van der Waals surface area contributed by atoms with Gasteiger partial charge in [0.1, 0.15) is 5.54 Å². The topological polar surface area (TPSA) is 91.2 Å². The van der Waals surface area contributed by atoms with Crippen LogP contribution in [-0.2, 0) is 27.4 Å². The predicted molar refractivity (Wildman–Crippen MR) is 60.9 cm³/mol. The van der Waals surface area contributed by atoms with Crippen LogP contribution in [0.15, 0.2) is 0 Å². The maximum atomic E-state index is 12.2. The van der Waals surface area contributed by atoms with E-state index in [1.54, 1.807) is 0 Å². The Morgan fingerprint density at radius 1 is 1.57 bits per heavy atom. The number of hydrogen-bond acceptors (Lipinski definition) is 7. The lowest BCUT2D eigenvalue weighted by Gasteiger charge is -2.24. The number of aromatic nitrogens is 4. The smallest absolute Gasteiger partial charge is 0.409 e. The summed E-state index contributed by atoms with van der Waals surface area (Å²) in [5, 5.41) is 13.3. The number of nitrogens with one attached hydrogen (secondary N) is 1. The second kappa shape index (κ2) is 5.93. The Kier molecular flexibility index (Phi) is 4.42. The van der Waals surface area contributed by atoms with Crippen molar-refractivity contribution in [2.75, 3.05) is 20.3 Å². The number of rotatable bonds is 5. The van der Waals surface area contributed by atoms with Gasteiger partial charge < -0.3 is 9.47 Å². The molecule has 0 aromatic carbocycles. The third-order valence-corrected chi connectivity index (χ3v) is 3.00. The third kappa shape index (κ3) is 3.88. The monoisotopic (exact) mass is 309 g/mol. The lowest BCUT2D eigenvalue weighted by atomic mass is 9.99. The van der Waals surface area contributed by atoms with Crippen molar-refractivity contribution in [3.05, 3.63) is 5.82 Å². The second-order valence-electron chi connectivity index (χ2n) is 4.58. The van der Waals surface area contributed by atoms with Gasteiger partial charge in [-0.2, -0.15) is 18.0 Å². The van der Waals surface area contributed by atoms with Gasteiger partial charge in [0, 0.05) is 13.0 Å². The molecule has 0 aliphatic carbocycles. The van der Waals surface area contributed by atoms with E-state index >= 15 is 0 Å². The molecule has 2 rings (SSSR count). The Morgan fingerprint density at radius 3 is 2.90 bits per heavy atom. The number of carbonyl (C=O) groups excluding carboxylic acids is 1. The van der Waals surface area contributed by atoms with E-state index in [1.165, 1.54) is 7.11 Å². The van der Waals surface area contributed by atoms with Crippen LogP contribution in [0.4, 0.5) is 13.2 Å². The fraction of sp³-hybridized carbons (Fsp3) is 0.800. The van der Waals surface area contributed by atoms with Gasteiger partial charge in [-0.25, -0.2) is 4.79 Å². The van der Waals surface area contributed by atoms with E-state index in [0.29, 0.717) is 17.8 Å². The number of ether oxygens (including phenoxy) is 2. The first-order chi connectivity index (χ1) is 9.85. The Morgan fingerprint density at radius 2 is 2.33 bits per heavy atom. The van der Waals surface area contributed by atoms with E-state index < -0.39 is 24.2 Å². The molecule has 118 valence electrons. The number of nitrogens with zero attached hydrogens (tertiary/aromatic N) is 4. The summed E-state index contributed by atoms with van der Waals surface area (Å²) in [7, 11) is 1.25. The molecule has 2 heterocycles. The summed E-state index contributed by atoms with van der Waals surface area (Å²) in [5.74, 6) is -0.447. The van der Waals surface area contributed by atoms with E-state index in [1.807, 2.05) is 0 Å². The lowest BCUT2D eigenvalue weighted by Crippen LogP contribution is -2.53. The molecule has 0 spiro atoms. The van der Waals surface area contributed by atoms with Crippen LogP contribution in [0, 0.1) is 0 Å². The van der Waals surface area contributed by atoms with Gasteiger partial charge >= 0.3 is 12.1 Å². The van der Waals surface area contributed by atoms with Crippen LogP contribution in [0.2, 0.25) is 0 Å².